The standard InChI is InChI=1S/C20H22ClF2N3O3/c1-12(25-17-4-3-5-24-20(17)21)29-11-15-8-14(9-16(22)19(15)23)18-10-26(13(2)27)6-7-28-18/h3-5,8-9,12,18,25H,6-7,10-11H2,1-2H3/t12-,18+/m1/s1. The minimum absolute atomic E-state index is 0.0643. The zero-order valence-electron chi connectivity index (χ0n) is 16.1. The highest BCUT2D eigenvalue weighted by atomic mass is 35.5. The first-order valence-corrected chi connectivity index (χ1v) is 9.56. The Bertz CT molecular complexity index is 884. The Hall–Kier alpha value is -2.29. The number of hydrogen-bond acceptors (Lipinski definition) is 5. The van der Waals surface area contributed by atoms with Crippen molar-refractivity contribution >= 4 is 23.2 Å². The number of aromatic nitrogens is 1. The minimum Gasteiger partial charge on any atom is -0.370 e. The van der Waals surface area contributed by atoms with Crippen LogP contribution in [0.15, 0.2) is 30.5 Å². The maximum absolute atomic E-state index is 14.3. The molecule has 6 nitrogen and oxygen atoms in total. The fourth-order valence-corrected chi connectivity index (χ4v) is 3.24. The van der Waals surface area contributed by atoms with Crippen LogP contribution in [-0.2, 0) is 20.9 Å². The van der Waals surface area contributed by atoms with E-state index in [2.05, 4.69) is 10.3 Å². The Labute approximate surface area is 172 Å². The van der Waals surface area contributed by atoms with Gasteiger partial charge in [-0.3, -0.25) is 4.79 Å². The summed E-state index contributed by atoms with van der Waals surface area (Å²) in [6.45, 7) is 4.13. The quantitative estimate of drug-likeness (QED) is 0.561. The molecule has 1 amide bonds. The Balaban J connectivity index is 1.69. The molecule has 2 aromatic rings. The first-order valence-electron chi connectivity index (χ1n) is 9.18. The second-order valence-electron chi connectivity index (χ2n) is 6.74. The number of morpholine rings is 1. The SMILES string of the molecule is CC(=O)N1CCO[C@H](c2cc(F)c(F)c(CO[C@H](C)Nc3cccnc3Cl)c2)C1. The molecular weight excluding hydrogens is 404 g/mol. The molecule has 0 aliphatic carbocycles. The molecule has 1 fully saturated rings. The third kappa shape index (κ3) is 5.41. The van der Waals surface area contributed by atoms with Gasteiger partial charge in [0.1, 0.15) is 12.3 Å². The van der Waals surface area contributed by atoms with Gasteiger partial charge in [0.2, 0.25) is 5.91 Å². The topological polar surface area (TPSA) is 63.7 Å². The lowest BCUT2D eigenvalue weighted by atomic mass is 10.0. The molecule has 1 aliphatic rings. The summed E-state index contributed by atoms with van der Waals surface area (Å²) in [6.07, 6.45) is 0.511. The lowest BCUT2D eigenvalue weighted by molar-refractivity contribution is -0.136. The van der Waals surface area contributed by atoms with E-state index in [0.29, 0.717) is 24.4 Å². The zero-order valence-corrected chi connectivity index (χ0v) is 16.9. The van der Waals surface area contributed by atoms with Crippen molar-refractivity contribution in [1.82, 2.24) is 9.88 Å². The van der Waals surface area contributed by atoms with Crippen LogP contribution in [0, 0.1) is 11.6 Å². The first kappa shape index (κ1) is 21.4. The van der Waals surface area contributed by atoms with E-state index >= 15 is 0 Å². The van der Waals surface area contributed by atoms with Crippen molar-refractivity contribution in [1.29, 1.82) is 0 Å². The summed E-state index contributed by atoms with van der Waals surface area (Å²) in [7, 11) is 0. The number of pyridine rings is 1. The minimum atomic E-state index is -0.986. The van der Waals surface area contributed by atoms with Crippen LogP contribution in [0.25, 0.3) is 0 Å². The van der Waals surface area contributed by atoms with Crippen molar-refractivity contribution in [2.75, 3.05) is 25.0 Å². The number of nitrogens with one attached hydrogen (secondary N) is 1. The highest BCUT2D eigenvalue weighted by molar-refractivity contribution is 6.31. The van der Waals surface area contributed by atoms with Crippen LogP contribution in [0.5, 0.6) is 0 Å². The van der Waals surface area contributed by atoms with Gasteiger partial charge in [-0.15, -0.1) is 0 Å². The number of hydrogen-bond donors (Lipinski definition) is 1. The average molecular weight is 426 g/mol. The molecule has 1 aliphatic heterocycles. The monoisotopic (exact) mass is 425 g/mol. The first-order chi connectivity index (χ1) is 13.8. The summed E-state index contributed by atoms with van der Waals surface area (Å²) in [5.41, 5.74) is 1.10. The van der Waals surface area contributed by atoms with Crippen LogP contribution in [-0.4, -0.2) is 41.7 Å². The van der Waals surface area contributed by atoms with Gasteiger partial charge in [-0.1, -0.05) is 11.6 Å². The summed E-state index contributed by atoms with van der Waals surface area (Å²) in [4.78, 5) is 17.2. The number of nitrogens with zero attached hydrogens (tertiary/aromatic N) is 2. The van der Waals surface area contributed by atoms with E-state index < -0.39 is 24.0 Å². The van der Waals surface area contributed by atoms with Crippen LogP contribution in [0.3, 0.4) is 0 Å². The van der Waals surface area contributed by atoms with Gasteiger partial charge in [-0.25, -0.2) is 13.8 Å². The summed E-state index contributed by atoms with van der Waals surface area (Å²) >= 11 is 5.99. The van der Waals surface area contributed by atoms with E-state index in [1.165, 1.54) is 13.0 Å². The largest absolute Gasteiger partial charge is 0.370 e. The number of anilines is 1. The number of carbonyl (C=O) groups is 1. The van der Waals surface area contributed by atoms with Crippen molar-refractivity contribution in [3.63, 3.8) is 0 Å². The number of ether oxygens (including phenoxy) is 2. The predicted molar refractivity (Wildman–Crippen MR) is 104 cm³/mol. The van der Waals surface area contributed by atoms with Gasteiger partial charge >= 0.3 is 0 Å². The average Bonchev–Trinajstić information content (AvgIpc) is 2.70. The number of halogens is 3. The number of carbonyl (C=O) groups excluding carboxylic acids is 1. The maximum Gasteiger partial charge on any atom is 0.219 e. The highest BCUT2D eigenvalue weighted by Crippen LogP contribution is 2.27. The lowest BCUT2D eigenvalue weighted by Gasteiger charge is -2.32. The summed E-state index contributed by atoms with van der Waals surface area (Å²) in [6, 6.07) is 6.06. The Morgan fingerprint density at radius 2 is 2.28 bits per heavy atom. The fourth-order valence-electron chi connectivity index (χ4n) is 3.07. The molecule has 2 atom stereocenters. The van der Waals surface area contributed by atoms with Gasteiger partial charge in [-0.05, 0) is 36.8 Å². The van der Waals surface area contributed by atoms with Crippen molar-refractivity contribution < 1.29 is 23.0 Å². The van der Waals surface area contributed by atoms with Crippen LogP contribution < -0.4 is 5.32 Å². The molecule has 0 bridgehead atoms. The van der Waals surface area contributed by atoms with Gasteiger partial charge in [0.05, 0.1) is 25.4 Å². The molecule has 1 saturated heterocycles. The lowest BCUT2D eigenvalue weighted by Crippen LogP contribution is -2.41. The van der Waals surface area contributed by atoms with Crippen molar-refractivity contribution in [2.45, 2.75) is 32.8 Å². The molecular formula is C20H22ClF2N3O3. The smallest absolute Gasteiger partial charge is 0.219 e. The van der Waals surface area contributed by atoms with Gasteiger partial charge in [-0.2, -0.15) is 0 Å². The summed E-state index contributed by atoms with van der Waals surface area (Å²) in [5, 5.41) is 3.29. The van der Waals surface area contributed by atoms with E-state index in [9.17, 15) is 13.6 Å². The second-order valence-corrected chi connectivity index (χ2v) is 7.10. The molecule has 0 radical (unpaired) electrons. The van der Waals surface area contributed by atoms with Gasteiger partial charge in [0.25, 0.3) is 0 Å². The van der Waals surface area contributed by atoms with E-state index in [1.807, 2.05) is 0 Å². The van der Waals surface area contributed by atoms with Gasteiger partial charge in [0, 0.05) is 25.2 Å². The Morgan fingerprint density at radius 1 is 1.48 bits per heavy atom. The number of benzene rings is 1. The summed E-state index contributed by atoms with van der Waals surface area (Å²) in [5.74, 6) is -2.04. The van der Waals surface area contributed by atoms with Gasteiger partial charge in [0.15, 0.2) is 16.8 Å². The summed E-state index contributed by atoms with van der Waals surface area (Å²) < 4.78 is 39.7. The second kappa shape index (κ2) is 9.47. The molecule has 0 unspecified atom stereocenters. The van der Waals surface area contributed by atoms with E-state index in [1.54, 1.807) is 30.2 Å². The molecule has 1 aromatic heterocycles. The number of amides is 1. The molecule has 156 valence electrons. The third-order valence-electron chi connectivity index (χ3n) is 4.62. The van der Waals surface area contributed by atoms with Crippen molar-refractivity contribution in [2.24, 2.45) is 0 Å². The maximum atomic E-state index is 14.3. The Morgan fingerprint density at radius 3 is 3.00 bits per heavy atom. The Kier molecular flexibility index (Phi) is 7.00. The highest BCUT2D eigenvalue weighted by Gasteiger charge is 2.25. The van der Waals surface area contributed by atoms with E-state index in [4.69, 9.17) is 21.1 Å². The normalized spacial score (nSPS) is 17.8. The molecule has 3 rings (SSSR count). The molecule has 2 heterocycles. The molecule has 1 aromatic carbocycles. The predicted octanol–water partition coefficient (Wildman–Crippen LogP) is 3.91. The van der Waals surface area contributed by atoms with Crippen LogP contribution in [0.2, 0.25) is 5.15 Å². The fraction of sp³-hybridized carbons (Fsp3) is 0.400. The molecule has 9 heteroatoms. The van der Waals surface area contributed by atoms with Gasteiger partial charge < -0.3 is 19.7 Å². The molecule has 0 spiro atoms. The third-order valence-corrected chi connectivity index (χ3v) is 4.92. The van der Waals surface area contributed by atoms with Crippen LogP contribution in [0.1, 0.15) is 31.1 Å². The number of rotatable bonds is 6. The van der Waals surface area contributed by atoms with Crippen molar-refractivity contribution in [3.05, 3.63) is 58.4 Å². The molecule has 1 N–H and O–H groups in total. The van der Waals surface area contributed by atoms with E-state index in [-0.39, 0.29) is 29.8 Å². The zero-order chi connectivity index (χ0) is 21.0. The van der Waals surface area contributed by atoms with Crippen molar-refractivity contribution in [3.8, 4) is 0 Å². The van der Waals surface area contributed by atoms with Crippen LogP contribution in [0.4, 0.5) is 14.5 Å². The van der Waals surface area contributed by atoms with Crippen LogP contribution >= 0.6 is 11.6 Å². The molecule has 0 saturated carbocycles. The molecule has 29 heavy (non-hydrogen) atoms. The van der Waals surface area contributed by atoms with E-state index in [0.717, 1.165) is 6.07 Å².